The van der Waals surface area contributed by atoms with Gasteiger partial charge in [0, 0.05) is 5.69 Å². The van der Waals surface area contributed by atoms with Gasteiger partial charge in [-0.3, -0.25) is 0 Å². The van der Waals surface area contributed by atoms with Gasteiger partial charge in [0.1, 0.15) is 0 Å². The van der Waals surface area contributed by atoms with Crippen LogP contribution in [0.25, 0.3) is 0 Å². The second-order valence-electron chi connectivity index (χ2n) is 2.18. The summed E-state index contributed by atoms with van der Waals surface area (Å²) in [6.07, 6.45) is 0. The Kier molecular flexibility index (Phi) is 2.10. The predicted molar refractivity (Wildman–Crippen MR) is 37.2 cm³/mol. The lowest BCUT2D eigenvalue weighted by molar-refractivity contribution is 0.521. The Balaban J connectivity index is 3.43. The van der Waals surface area contributed by atoms with Crippen LogP contribution in [0, 0.1) is 12.7 Å². The topological polar surface area (TPSA) is 47.0 Å². The number of nitrogens with zero attached hydrogens (tertiary/aromatic N) is 1. The van der Waals surface area contributed by atoms with Crippen molar-refractivity contribution in [3.8, 4) is 0 Å². The van der Waals surface area contributed by atoms with Crippen LogP contribution < -0.4 is 0 Å². The van der Waals surface area contributed by atoms with Crippen LogP contribution in [0.3, 0.4) is 0 Å². The van der Waals surface area contributed by atoms with E-state index in [1.807, 2.05) is 0 Å². The minimum Gasteiger partial charge on any atom is -0.237 e. The van der Waals surface area contributed by atoms with Crippen molar-refractivity contribution < 1.29 is 16.7 Å². The third-order valence-corrected chi connectivity index (χ3v) is 1.93. The Hall–Kier alpha value is -1.04. The quantitative estimate of drug-likeness (QED) is 0.629. The van der Waals surface area contributed by atoms with Gasteiger partial charge < -0.3 is 0 Å². The van der Waals surface area contributed by atoms with E-state index >= 15 is 0 Å². The summed E-state index contributed by atoms with van der Waals surface area (Å²) in [5.74, 6) is -1.18. The largest absolute Gasteiger partial charge is 0.352 e. The molecule has 1 rings (SSSR count). The van der Waals surface area contributed by atoms with Crippen LogP contribution in [0.4, 0.5) is 8.28 Å². The molecular weight excluding hydrogens is 188 g/mol. The molecule has 1 aromatic heterocycles. The molecule has 0 aliphatic rings. The summed E-state index contributed by atoms with van der Waals surface area (Å²) in [6.45, 7) is 1.44. The van der Waals surface area contributed by atoms with Crippen LogP contribution >= 0.6 is 0 Å². The van der Waals surface area contributed by atoms with E-state index in [0.717, 1.165) is 6.07 Å². The first-order chi connectivity index (χ1) is 5.41. The van der Waals surface area contributed by atoms with E-state index in [1.165, 1.54) is 13.0 Å². The molecule has 66 valence electrons. The van der Waals surface area contributed by atoms with E-state index < -0.39 is 21.1 Å². The van der Waals surface area contributed by atoms with Gasteiger partial charge in [0.05, 0.1) is 0 Å². The highest BCUT2D eigenvalue weighted by atomic mass is 32.3. The molecule has 0 unspecified atom stereocenters. The second-order valence-corrected chi connectivity index (χ2v) is 3.44. The standard InChI is InChI=1S/C6H5F2NO2S/c1-4-2-3-5(7)6(9-4)12(8,10)11/h2-3H,1H3. The lowest BCUT2D eigenvalue weighted by atomic mass is 10.4. The Morgan fingerprint density at radius 1 is 1.42 bits per heavy atom. The average Bonchev–Trinajstić information content (AvgIpc) is 1.92. The number of rotatable bonds is 1. The van der Waals surface area contributed by atoms with Gasteiger partial charge in [0.2, 0.25) is 5.03 Å². The van der Waals surface area contributed by atoms with Crippen LogP contribution in [0.15, 0.2) is 17.2 Å². The summed E-state index contributed by atoms with van der Waals surface area (Å²) >= 11 is 0. The highest BCUT2D eigenvalue weighted by Gasteiger charge is 2.19. The van der Waals surface area contributed by atoms with E-state index in [0.29, 0.717) is 0 Å². The van der Waals surface area contributed by atoms with Gasteiger partial charge in [0.25, 0.3) is 0 Å². The third-order valence-electron chi connectivity index (χ3n) is 1.18. The zero-order valence-corrected chi connectivity index (χ0v) is 6.90. The number of pyridine rings is 1. The molecular formula is C6H5F2NO2S. The predicted octanol–water partition coefficient (Wildman–Crippen LogP) is 1.19. The molecule has 12 heavy (non-hydrogen) atoms. The average molecular weight is 193 g/mol. The zero-order valence-electron chi connectivity index (χ0n) is 6.08. The van der Waals surface area contributed by atoms with Crippen molar-refractivity contribution in [3.05, 3.63) is 23.6 Å². The van der Waals surface area contributed by atoms with Gasteiger partial charge in [-0.2, -0.15) is 8.42 Å². The molecule has 0 spiro atoms. The van der Waals surface area contributed by atoms with Crippen molar-refractivity contribution in [2.45, 2.75) is 11.9 Å². The van der Waals surface area contributed by atoms with Crippen molar-refractivity contribution in [2.75, 3.05) is 0 Å². The summed E-state index contributed by atoms with van der Waals surface area (Å²) in [5.41, 5.74) is 0.243. The number of aryl methyl sites for hydroxylation is 1. The van der Waals surface area contributed by atoms with Crippen molar-refractivity contribution in [3.63, 3.8) is 0 Å². The van der Waals surface area contributed by atoms with Crippen molar-refractivity contribution in [1.29, 1.82) is 0 Å². The molecule has 0 saturated carbocycles. The molecule has 0 atom stereocenters. The molecule has 1 heterocycles. The van der Waals surface area contributed by atoms with Gasteiger partial charge in [-0.15, -0.1) is 0 Å². The SMILES string of the molecule is Cc1ccc(F)c(S(=O)(=O)F)n1. The molecule has 0 saturated heterocycles. The van der Waals surface area contributed by atoms with E-state index in [9.17, 15) is 16.7 Å². The molecule has 0 amide bonds. The van der Waals surface area contributed by atoms with Crippen LogP contribution in [0.1, 0.15) is 5.69 Å². The molecule has 0 aliphatic carbocycles. The number of hydrogen-bond acceptors (Lipinski definition) is 3. The summed E-state index contributed by atoms with van der Waals surface area (Å²) < 4.78 is 45.3. The van der Waals surface area contributed by atoms with E-state index in [4.69, 9.17) is 0 Å². The molecule has 0 radical (unpaired) electrons. The molecule has 1 aromatic rings. The summed E-state index contributed by atoms with van der Waals surface area (Å²) in [5, 5.41) is -1.15. The Morgan fingerprint density at radius 2 is 2.00 bits per heavy atom. The fourth-order valence-electron chi connectivity index (χ4n) is 0.687. The van der Waals surface area contributed by atoms with Gasteiger partial charge in [0.15, 0.2) is 5.82 Å². The first kappa shape index (κ1) is 9.05. The molecule has 0 N–H and O–H groups in total. The highest BCUT2D eigenvalue weighted by molar-refractivity contribution is 7.86. The highest BCUT2D eigenvalue weighted by Crippen LogP contribution is 2.13. The van der Waals surface area contributed by atoms with Crippen LogP contribution in [-0.4, -0.2) is 13.4 Å². The maximum atomic E-state index is 12.6. The second kappa shape index (κ2) is 2.78. The van der Waals surface area contributed by atoms with Crippen molar-refractivity contribution >= 4 is 10.2 Å². The Bertz CT molecular complexity index is 402. The van der Waals surface area contributed by atoms with Crippen LogP contribution in [-0.2, 0) is 10.2 Å². The minimum atomic E-state index is -5.04. The van der Waals surface area contributed by atoms with Gasteiger partial charge in [-0.05, 0) is 19.1 Å². The van der Waals surface area contributed by atoms with Crippen molar-refractivity contribution in [1.82, 2.24) is 4.98 Å². The lowest BCUT2D eigenvalue weighted by Gasteiger charge is -1.96. The summed E-state index contributed by atoms with van der Waals surface area (Å²) in [4.78, 5) is 3.21. The summed E-state index contributed by atoms with van der Waals surface area (Å²) in [7, 11) is -5.04. The smallest absolute Gasteiger partial charge is 0.237 e. The monoisotopic (exact) mass is 193 g/mol. The van der Waals surface area contributed by atoms with E-state index in [2.05, 4.69) is 4.98 Å². The van der Waals surface area contributed by atoms with E-state index in [1.54, 1.807) is 0 Å². The first-order valence-corrected chi connectivity index (χ1v) is 4.37. The van der Waals surface area contributed by atoms with Crippen LogP contribution in [0.2, 0.25) is 0 Å². The number of halogens is 2. The lowest BCUT2D eigenvalue weighted by Crippen LogP contribution is -2.01. The molecule has 0 fully saturated rings. The molecule has 0 bridgehead atoms. The summed E-state index contributed by atoms with van der Waals surface area (Å²) in [6, 6.07) is 2.11. The number of hydrogen-bond donors (Lipinski definition) is 0. The fraction of sp³-hybridized carbons (Fsp3) is 0.167. The normalized spacial score (nSPS) is 11.6. The maximum absolute atomic E-state index is 12.6. The van der Waals surface area contributed by atoms with Gasteiger partial charge in [-0.25, -0.2) is 9.37 Å². The minimum absolute atomic E-state index is 0.243. The Morgan fingerprint density at radius 3 is 2.42 bits per heavy atom. The third kappa shape index (κ3) is 1.76. The van der Waals surface area contributed by atoms with Crippen LogP contribution in [0.5, 0.6) is 0 Å². The first-order valence-electron chi connectivity index (χ1n) is 2.99. The fourth-order valence-corrected chi connectivity index (χ4v) is 1.24. The van der Waals surface area contributed by atoms with Crippen molar-refractivity contribution in [2.24, 2.45) is 0 Å². The molecule has 3 nitrogen and oxygen atoms in total. The van der Waals surface area contributed by atoms with E-state index in [-0.39, 0.29) is 5.69 Å². The van der Waals surface area contributed by atoms with Gasteiger partial charge >= 0.3 is 10.2 Å². The maximum Gasteiger partial charge on any atom is 0.352 e. The zero-order chi connectivity index (χ0) is 9.35. The molecule has 6 heteroatoms. The molecule has 0 aromatic carbocycles. The molecule has 0 aliphatic heterocycles. The van der Waals surface area contributed by atoms with Gasteiger partial charge in [-0.1, -0.05) is 3.89 Å². The Labute approximate surface area is 68.3 Å². The number of aromatic nitrogens is 1.